The summed E-state index contributed by atoms with van der Waals surface area (Å²) < 4.78 is 7.38. The molecule has 0 aromatic carbocycles. The molecule has 0 aliphatic carbocycles. The summed E-state index contributed by atoms with van der Waals surface area (Å²) in [6.45, 7) is 4.22. The van der Waals surface area contributed by atoms with E-state index in [1.165, 1.54) is 11.3 Å². The first-order valence-corrected chi connectivity index (χ1v) is 6.80. The minimum absolute atomic E-state index is 0.435. The lowest BCUT2D eigenvalue weighted by molar-refractivity contribution is 0.443. The van der Waals surface area contributed by atoms with Crippen molar-refractivity contribution in [1.82, 2.24) is 15.1 Å². The Morgan fingerprint density at radius 2 is 2.21 bits per heavy atom. The van der Waals surface area contributed by atoms with Crippen molar-refractivity contribution in [2.24, 2.45) is 7.05 Å². The molecule has 2 aromatic rings. The molecular weight excluding hydrogens is 238 g/mol. The van der Waals surface area contributed by atoms with Crippen molar-refractivity contribution in [3.05, 3.63) is 41.1 Å². The second-order valence-electron chi connectivity index (χ2n) is 5.08. The van der Waals surface area contributed by atoms with E-state index in [-0.39, 0.29) is 0 Å². The van der Waals surface area contributed by atoms with Crippen LogP contribution in [0.5, 0.6) is 0 Å². The molecule has 0 fully saturated rings. The quantitative estimate of drug-likeness (QED) is 0.868. The number of aryl methyl sites for hydroxylation is 2. The van der Waals surface area contributed by atoms with Crippen LogP contribution in [0.25, 0.3) is 0 Å². The van der Waals surface area contributed by atoms with E-state index in [2.05, 4.69) is 24.3 Å². The van der Waals surface area contributed by atoms with Gasteiger partial charge in [0, 0.05) is 25.2 Å². The molecule has 0 saturated heterocycles. The molecule has 19 heavy (non-hydrogen) atoms. The Balaban J connectivity index is 1.96. The molecule has 0 aliphatic heterocycles. The Labute approximate surface area is 114 Å². The van der Waals surface area contributed by atoms with Gasteiger partial charge >= 0.3 is 0 Å². The fourth-order valence-corrected chi connectivity index (χ4v) is 2.52. The van der Waals surface area contributed by atoms with E-state index in [0.717, 1.165) is 30.7 Å². The summed E-state index contributed by atoms with van der Waals surface area (Å²) in [5, 5.41) is 7.84. The number of aromatic nitrogens is 2. The molecule has 4 nitrogen and oxygen atoms in total. The van der Waals surface area contributed by atoms with Crippen molar-refractivity contribution in [2.75, 3.05) is 7.05 Å². The predicted molar refractivity (Wildman–Crippen MR) is 76.3 cm³/mol. The van der Waals surface area contributed by atoms with E-state index in [4.69, 9.17) is 4.42 Å². The maximum Gasteiger partial charge on any atom is 0.105 e. The van der Waals surface area contributed by atoms with Gasteiger partial charge < -0.3 is 9.73 Å². The van der Waals surface area contributed by atoms with Gasteiger partial charge in [-0.05, 0) is 51.4 Å². The smallest absolute Gasteiger partial charge is 0.105 e. The minimum Gasteiger partial charge on any atom is -0.469 e. The van der Waals surface area contributed by atoms with Crippen LogP contribution in [0.2, 0.25) is 0 Å². The number of hydrogen-bond acceptors (Lipinski definition) is 3. The largest absolute Gasteiger partial charge is 0.469 e. The molecule has 1 atom stereocenters. The van der Waals surface area contributed by atoms with Crippen LogP contribution < -0.4 is 5.32 Å². The molecule has 4 heteroatoms. The van der Waals surface area contributed by atoms with Crippen LogP contribution in [-0.2, 0) is 19.9 Å². The van der Waals surface area contributed by atoms with E-state index in [1.54, 1.807) is 6.26 Å². The lowest BCUT2D eigenvalue weighted by Crippen LogP contribution is -2.28. The third kappa shape index (κ3) is 3.26. The monoisotopic (exact) mass is 261 g/mol. The molecular formula is C15H23N3O. The number of furan rings is 1. The summed E-state index contributed by atoms with van der Waals surface area (Å²) >= 11 is 0. The van der Waals surface area contributed by atoms with Crippen molar-refractivity contribution in [3.8, 4) is 0 Å². The molecule has 104 valence electrons. The maximum atomic E-state index is 5.41. The van der Waals surface area contributed by atoms with Crippen molar-refractivity contribution < 1.29 is 4.42 Å². The van der Waals surface area contributed by atoms with Gasteiger partial charge in [-0.15, -0.1) is 0 Å². The first-order chi connectivity index (χ1) is 9.11. The molecule has 1 N–H and O–H groups in total. The van der Waals surface area contributed by atoms with Gasteiger partial charge in [-0.2, -0.15) is 5.10 Å². The van der Waals surface area contributed by atoms with Gasteiger partial charge in [0.15, 0.2) is 0 Å². The Morgan fingerprint density at radius 1 is 1.42 bits per heavy atom. The molecule has 0 aliphatic rings. The van der Waals surface area contributed by atoms with Gasteiger partial charge in [0.2, 0.25) is 0 Å². The fraction of sp³-hybridized carbons (Fsp3) is 0.533. The van der Waals surface area contributed by atoms with Crippen molar-refractivity contribution in [2.45, 2.75) is 39.2 Å². The molecule has 0 saturated carbocycles. The summed E-state index contributed by atoms with van der Waals surface area (Å²) in [6, 6.07) is 4.41. The lowest BCUT2D eigenvalue weighted by atomic mass is 10.0. The molecule has 0 radical (unpaired) electrons. The zero-order valence-corrected chi connectivity index (χ0v) is 12.2. The number of likely N-dealkylation sites (N-methyl/N-ethyl adjacent to an activating group) is 1. The number of nitrogens with one attached hydrogen (secondary N) is 1. The van der Waals surface area contributed by atoms with Crippen molar-refractivity contribution in [1.29, 1.82) is 0 Å². The lowest BCUT2D eigenvalue weighted by Gasteiger charge is -2.14. The average molecular weight is 261 g/mol. The third-order valence-corrected chi connectivity index (χ3v) is 3.84. The Hall–Kier alpha value is -1.55. The summed E-state index contributed by atoms with van der Waals surface area (Å²) in [4.78, 5) is 0. The molecule has 2 aromatic heterocycles. The Bertz CT molecular complexity index is 514. The van der Waals surface area contributed by atoms with Crippen molar-refractivity contribution >= 4 is 0 Å². The van der Waals surface area contributed by atoms with E-state index < -0.39 is 0 Å². The highest BCUT2D eigenvalue weighted by Crippen LogP contribution is 2.16. The standard InChI is InChI=1S/C15H23N3O/c1-11-15(12(2)18(4)17-11)8-7-13(16-3)10-14-6-5-9-19-14/h5-6,9,13,16H,7-8,10H2,1-4H3. The van der Waals surface area contributed by atoms with Gasteiger partial charge in [-0.25, -0.2) is 0 Å². The Morgan fingerprint density at radius 3 is 2.74 bits per heavy atom. The van der Waals surface area contributed by atoms with Gasteiger partial charge in [0.1, 0.15) is 5.76 Å². The molecule has 2 rings (SSSR count). The summed E-state index contributed by atoms with van der Waals surface area (Å²) in [5.41, 5.74) is 3.79. The zero-order chi connectivity index (χ0) is 13.8. The fourth-order valence-electron chi connectivity index (χ4n) is 2.52. The minimum atomic E-state index is 0.435. The second-order valence-corrected chi connectivity index (χ2v) is 5.08. The van der Waals surface area contributed by atoms with Crippen LogP contribution in [-0.4, -0.2) is 22.9 Å². The second kappa shape index (κ2) is 6.06. The molecule has 0 bridgehead atoms. The topological polar surface area (TPSA) is 43.0 Å². The number of rotatable bonds is 6. The maximum absolute atomic E-state index is 5.41. The number of nitrogens with zero attached hydrogens (tertiary/aromatic N) is 2. The molecule has 2 heterocycles. The van der Waals surface area contributed by atoms with Crippen LogP contribution in [0.3, 0.4) is 0 Å². The van der Waals surface area contributed by atoms with Crippen LogP contribution in [0.4, 0.5) is 0 Å². The van der Waals surface area contributed by atoms with E-state index in [0.29, 0.717) is 6.04 Å². The van der Waals surface area contributed by atoms with Gasteiger partial charge in [0.05, 0.1) is 12.0 Å². The SMILES string of the molecule is CNC(CCc1c(C)nn(C)c1C)Cc1ccco1. The zero-order valence-electron chi connectivity index (χ0n) is 12.2. The average Bonchev–Trinajstić information content (AvgIpc) is 2.97. The van der Waals surface area contributed by atoms with Crippen LogP contribution in [0.1, 0.15) is 29.1 Å². The van der Waals surface area contributed by atoms with Gasteiger partial charge in [-0.1, -0.05) is 0 Å². The normalized spacial score (nSPS) is 12.8. The summed E-state index contributed by atoms with van der Waals surface area (Å²) in [6.07, 6.45) is 4.81. The van der Waals surface area contributed by atoms with Gasteiger partial charge in [0.25, 0.3) is 0 Å². The van der Waals surface area contributed by atoms with Crippen LogP contribution >= 0.6 is 0 Å². The highest BCUT2D eigenvalue weighted by molar-refractivity contribution is 5.24. The first kappa shape index (κ1) is 13.9. The summed E-state index contributed by atoms with van der Waals surface area (Å²) in [7, 11) is 4.01. The summed E-state index contributed by atoms with van der Waals surface area (Å²) in [5.74, 6) is 1.04. The van der Waals surface area contributed by atoms with Crippen LogP contribution in [0, 0.1) is 13.8 Å². The Kier molecular flexibility index (Phi) is 4.43. The highest BCUT2D eigenvalue weighted by atomic mass is 16.3. The third-order valence-electron chi connectivity index (χ3n) is 3.84. The highest BCUT2D eigenvalue weighted by Gasteiger charge is 2.13. The number of hydrogen-bond donors (Lipinski definition) is 1. The van der Waals surface area contributed by atoms with Crippen molar-refractivity contribution in [3.63, 3.8) is 0 Å². The van der Waals surface area contributed by atoms with Crippen LogP contribution in [0.15, 0.2) is 22.8 Å². The van der Waals surface area contributed by atoms with Gasteiger partial charge in [-0.3, -0.25) is 4.68 Å². The molecule has 0 amide bonds. The predicted octanol–water partition coefficient (Wildman–Crippen LogP) is 2.39. The molecule has 1 unspecified atom stereocenters. The van der Waals surface area contributed by atoms with E-state index in [1.807, 2.05) is 30.9 Å². The molecule has 0 spiro atoms. The van der Waals surface area contributed by atoms with E-state index >= 15 is 0 Å². The van der Waals surface area contributed by atoms with E-state index in [9.17, 15) is 0 Å². The first-order valence-electron chi connectivity index (χ1n) is 6.80.